The van der Waals surface area contributed by atoms with Gasteiger partial charge in [0.15, 0.2) is 0 Å². The summed E-state index contributed by atoms with van der Waals surface area (Å²) in [7, 11) is 0. The number of piperidine rings is 1. The van der Waals surface area contributed by atoms with Crippen molar-refractivity contribution >= 4 is 0 Å². The molecule has 2 saturated heterocycles. The van der Waals surface area contributed by atoms with Crippen molar-refractivity contribution in [2.75, 3.05) is 52.4 Å². The lowest BCUT2D eigenvalue weighted by molar-refractivity contribution is 0.0132. The zero-order valence-electron chi connectivity index (χ0n) is 14.6. The first-order valence-corrected chi connectivity index (χ1v) is 8.99. The molecule has 3 atom stereocenters. The molecule has 2 aliphatic rings. The van der Waals surface area contributed by atoms with Gasteiger partial charge in [-0.1, -0.05) is 6.92 Å². The molecule has 2 fully saturated rings. The highest BCUT2D eigenvalue weighted by Gasteiger charge is 2.26. The minimum absolute atomic E-state index is 0.246. The number of likely N-dealkylation sites (tertiary alicyclic amines) is 1. The van der Waals surface area contributed by atoms with Gasteiger partial charge in [-0.05, 0) is 45.7 Å². The number of aliphatic hydroxyl groups excluding tert-OH is 2. The number of rotatable bonds is 6. The summed E-state index contributed by atoms with van der Waals surface area (Å²) in [4.78, 5) is 7.14. The van der Waals surface area contributed by atoms with Crippen molar-refractivity contribution in [3.63, 3.8) is 0 Å². The van der Waals surface area contributed by atoms with Crippen molar-refractivity contribution < 1.29 is 10.2 Å². The van der Waals surface area contributed by atoms with Gasteiger partial charge in [0.05, 0.1) is 12.2 Å². The second-order valence-corrected chi connectivity index (χ2v) is 7.59. The molecule has 5 heteroatoms. The van der Waals surface area contributed by atoms with Gasteiger partial charge in [0.25, 0.3) is 0 Å². The molecule has 0 aromatic rings. The fraction of sp³-hybridized carbons (Fsp3) is 1.00. The number of hydrogen-bond acceptors (Lipinski definition) is 5. The molecule has 2 aliphatic heterocycles. The highest BCUT2D eigenvalue weighted by molar-refractivity contribution is 4.82. The fourth-order valence-corrected chi connectivity index (χ4v) is 3.75. The molecular formula is C17H35N3O2. The summed E-state index contributed by atoms with van der Waals surface area (Å²) in [5.41, 5.74) is 0. The predicted octanol–water partition coefficient (Wildman–Crippen LogP) is 0.466. The third-order valence-corrected chi connectivity index (χ3v) is 5.16. The quantitative estimate of drug-likeness (QED) is 0.746. The van der Waals surface area contributed by atoms with Crippen LogP contribution >= 0.6 is 0 Å². The number of nitrogens with zero attached hydrogens (tertiary/aromatic N) is 3. The van der Waals surface area contributed by atoms with E-state index in [2.05, 4.69) is 28.5 Å². The normalized spacial score (nSPS) is 29.6. The van der Waals surface area contributed by atoms with Gasteiger partial charge in [-0.2, -0.15) is 0 Å². The summed E-state index contributed by atoms with van der Waals surface area (Å²) >= 11 is 0. The molecule has 22 heavy (non-hydrogen) atoms. The van der Waals surface area contributed by atoms with E-state index in [-0.39, 0.29) is 12.2 Å². The fourth-order valence-electron chi connectivity index (χ4n) is 3.75. The zero-order valence-corrected chi connectivity index (χ0v) is 14.6. The summed E-state index contributed by atoms with van der Waals surface area (Å²) in [6.07, 6.45) is 2.02. The number of aliphatic hydroxyl groups is 2. The number of hydrogen-bond donors (Lipinski definition) is 2. The first-order chi connectivity index (χ1) is 10.4. The number of piperazine rings is 1. The Morgan fingerprint density at radius 1 is 0.909 bits per heavy atom. The van der Waals surface area contributed by atoms with Crippen LogP contribution in [0.3, 0.4) is 0 Å². The third-order valence-electron chi connectivity index (χ3n) is 5.16. The lowest BCUT2D eigenvalue weighted by Gasteiger charge is -2.41. The van der Waals surface area contributed by atoms with Crippen LogP contribution in [0.1, 0.15) is 33.6 Å². The van der Waals surface area contributed by atoms with E-state index >= 15 is 0 Å². The van der Waals surface area contributed by atoms with E-state index in [1.807, 2.05) is 6.92 Å². The summed E-state index contributed by atoms with van der Waals surface area (Å²) in [6.45, 7) is 14.0. The van der Waals surface area contributed by atoms with Gasteiger partial charge in [0.2, 0.25) is 0 Å². The molecule has 0 amide bonds. The van der Waals surface area contributed by atoms with E-state index in [0.717, 1.165) is 58.3 Å². The lowest BCUT2D eigenvalue weighted by atomic mass is 9.99. The van der Waals surface area contributed by atoms with E-state index in [4.69, 9.17) is 0 Å². The van der Waals surface area contributed by atoms with Crippen LogP contribution in [0, 0.1) is 5.92 Å². The Labute approximate surface area is 135 Å². The van der Waals surface area contributed by atoms with Gasteiger partial charge >= 0.3 is 0 Å². The van der Waals surface area contributed by atoms with Gasteiger partial charge in [0.1, 0.15) is 0 Å². The van der Waals surface area contributed by atoms with Crippen LogP contribution < -0.4 is 0 Å². The maximum absolute atomic E-state index is 10.4. The first-order valence-electron chi connectivity index (χ1n) is 8.99. The van der Waals surface area contributed by atoms with Gasteiger partial charge in [-0.3, -0.25) is 9.80 Å². The van der Waals surface area contributed by atoms with E-state index < -0.39 is 0 Å². The van der Waals surface area contributed by atoms with Gasteiger partial charge in [0, 0.05) is 45.3 Å². The van der Waals surface area contributed by atoms with E-state index in [9.17, 15) is 10.2 Å². The van der Waals surface area contributed by atoms with E-state index in [0.29, 0.717) is 6.04 Å². The van der Waals surface area contributed by atoms with Crippen LogP contribution in [0.25, 0.3) is 0 Å². The molecule has 2 rings (SSSR count). The Morgan fingerprint density at radius 3 is 2.14 bits per heavy atom. The van der Waals surface area contributed by atoms with Gasteiger partial charge in [-0.15, -0.1) is 0 Å². The molecule has 0 aromatic heterocycles. The summed E-state index contributed by atoms with van der Waals surface area (Å²) < 4.78 is 0. The Hall–Kier alpha value is -0.200. The molecule has 0 spiro atoms. The maximum Gasteiger partial charge on any atom is 0.0793 e. The summed E-state index contributed by atoms with van der Waals surface area (Å²) in [5.74, 6) is 0.844. The largest absolute Gasteiger partial charge is 0.392 e. The molecule has 0 saturated carbocycles. The third kappa shape index (κ3) is 5.78. The monoisotopic (exact) mass is 313 g/mol. The van der Waals surface area contributed by atoms with Crippen molar-refractivity contribution in [2.45, 2.75) is 51.9 Å². The Balaban J connectivity index is 1.68. The average molecular weight is 313 g/mol. The Morgan fingerprint density at radius 2 is 1.55 bits per heavy atom. The van der Waals surface area contributed by atoms with Crippen molar-refractivity contribution in [3.8, 4) is 0 Å². The second-order valence-electron chi connectivity index (χ2n) is 7.59. The zero-order chi connectivity index (χ0) is 16.1. The van der Waals surface area contributed by atoms with Gasteiger partial charge in [-0.25, -0.2) is 0 Å². The average Bonchev–Trinajstić information content (AvgIpc) is 2.44. The maximum atomic E-state index is 10.4. The van der Waals surface area contributed by atoms with Crippen LogP contribution in [0.15, 0.2) is 0 Å². The SMILES string of the molecule is CC1CCN(C[C@@H](O)CN2CCN(C[C@H](C)O)[C@@H](C)C2)CC1. The van der Waals surface area contributed by atoms with Gasteiger partial charge < -0.3 is 15.1 Å². The van der Waals surface area contributed by atoms with Crippen molar-refractivity contribution in [2.24, 2.45) is 5.92 Å². The smallest absolute Gasteiger partial charge is 0.0793 e. The molecule has 130 valence electrons. The molecule has 0 aliphatic carbocycles. The van der Waals surface area contributed by atoms with Crippen LogP contribution in [-0.2, 0) is 0 Å². The van der Waals surface area contributed by atoms with Crippen LogP contribution in [0.5, 0.6) is 0 Å². The molecule has 5 nitrogen and oxygen atoms in total. The number of β-amino-alcohol motifs (C(OH)–C–C–N with tert-alkyl or cyclic N) is 2. The van der Waals surface area contributed by atoms with E-state index in [1.165, 1.54) is 12.8 Å². The molecule has 0 unspecified atom stereocenters. The highest BCUT2D eigenvalue weighted by Crippen LogP contribution is 2.16. The van der Waals surface area contributed by atoms with Crippen molar-refractivity contribution in [1.29, 1.82) is 0 Å². The Bertz CT molecular complexity index is 319. The molecule has 2 heterocycles. The van der Waals surface area contributed by atoms with E-state index in [1.54, 1.807) is 0 Å². The predicted molar refractivity (Wildman–Crippen MR) is 90.0 cm³/mol. The minimum Gasteiger partial charge on any atom is -0.392 e. The summed E-state index contributed by atoms with van der Waals surface area (Å²) in [5, 5.41) is 19.9. The molecular weight excluding hydrogens is 278 g/mol. The van der Waals surface area contributed by atoms with Crippen LogP contribution in [-0.4, -0.2) is 95.5 Å². The standard InChI is InChI=1S/C17H35N3O2/c1-14-4-6-18(7-5-14)12-17(22)13-19-8-9-20(11-16(3)21)15(2)10-19/h14-17,21-22H,4-13H2,1-3H3/t15-,16-,17+/m0/s1. The second kappa shape index (κ2) is 8.60. The molecule has 0 bridgehead atoms. The Kier molecular flexibility index (Phi) is 7.09. The summed E-state index contributed by atoms with van der Waals surface area (Å²) in [6, 6.07) is 0.450. The molecule has 0 radical (unpaired) electrons. The van der Waals surface area contributed by atoms with Crippen molar-refractivity contribution in [3.05, 3.63) is 0 Å². The topological polar surface area (TPSA) is 50.2 Å². The molecule has 2 N–H and O–H groups in total. The lowest BCUT2D eigenvalue weighted by Crippen LogP contribution is -2.55. The first kappa shape index (κ1) is 18.1. The minimum atomic E-state index is -0.263. The van der Waals surface area contributed by atoms with Crippen LogP contribution in [0.2, 0.25) is 0 Å². The van der Waals surface area contributed by atoms with Crippen molar-refractivity contribution in [1.82, 2.24) is 14.7 Å². The van der Waals surface area contributed by atoms with Crippen LogP contribution in [0.4, 0.5) is 0 Å². The highest BCUT2D eigenvalue weighted by atomic mass is 16.3. The molecule has 0 aromatic carbocycles.